The summed E-state index contributed by atoms with van der Waals surface area (Å²) in [5.41, 5.74) is 1.19. The highest BCUT2D eigenvalue weighted by Crippen LogP contribution is 2.28. The second kappa shape index (κ2) is 9.76. The molecule has 5 nitrogen and oxygen atoms in total. The number of rotatable bonds is 6. The highest BCUT2D eigenvalue weighted by Gasteiger charge is 2.29. The number of halogens is 1. The molecule has 1 aromatic carbocycles. The van der Waals surface area contributed by atoms with Crippen LogP contribution in [0.15, 0.2) is 18.2 Å². The van der Waals surface area contributed by atoms with Crippen molar-refractivity contribution < 1.29 is 14.3 Å². The Balaban J connectivity index is 1.48. The lowest BCUT2D eigenvalue weighted by Gasteiger charge is -2.35. The Hall–Kier alpha value is -1.30. The molecule has 0 aliphatic carbocycles. The van der Waals surface area contributed by atoms with Crippen molar-refractivity contribution >= 4 is 17.5 Å². The van der Waals surface area contributed by atoms with Crippen LogP contribution in [0.4, 0.5) is 0 Å². The van der Waals surface area contributed by atoms with Gasteiger partial charge in [0.25, 0.3) is 0 Å². The first-order chi connectivity index (χ1) is 13.1. The molecule has 2 fully saturated rings. The molecule has 1 atom stereocenters. The first kappa shape index (κ1) is 20.4. The second-order valence-corrected chi connectivity index (χ2v) is 8.00. The van der Waals surface area contributed by atoms with Gasteiger partial charge in [0.2, 0.25) is 5.91 Å². The normalized spacial score (nSPS) is 20.5. The Morgan fingerprint density at radius 1 is 1.26 bits per heavy atom. The average molecular weight is 395 g/mol. The van der Waals surface area contributed by atoms with Gasteiger partial charge < -0.3 is 14.4 Å². The smallest absolute Gasteiger partial charge is 0.225 e. The number of piperidine rings is 1. The topological polar surface area (TPSA) is 42.0 Å². The Morgan fingerprint density at radius 3 is 2.59 bits per heavy atom. The fourth-order valence-corrected chi connectivity index (χ4v) is 3.92. The fraction of sp³-hybridized carbons (Fsp3) is 0.667. The monoisotopic (exact) mass is 394 g/mol. The molecule has 0 N–H and O–H groups in total. The minimum absolute atomic E-state index is 0.161. The Morgan fingerprint density at radius 2 is 1.96 bits per heavy atom. The van der Waals surface area contributed by atoms with Gasteiger partial charge in [-0.15, -0.1) is 0 Å². The van der Waals surface area contributed by atoms with Crippen LogP contribution in [-0.2, 0) is 16.1 Å². The molecular weight excluding hydrogens is 364 g/mol. The number of likely N-dealkylation sites (tertiary alicyclic amines) is 1. The van der Waals surface area contributed by atoms with E-state index in [9.17, 15) is 4.79 Å². The quantitative estimate of drug-likeness (QED) is 0.739. The van der Waals surface area contributed by atoms with E-state index in [1.165, 1.54) is 5.56 Å². The van der Waals surface area contributed by atoms with E-state index in [0.717, 1.165) is 57.7 Å². The highest BCUT2D eigenvalue weighted by atomic mass is 35.5. The lowest BCUT2D eigenvalue weighted by Crippen LogP contribution is -2.46. The van der Waals surface area contributed by atoms with Crippen molar-refractivity contribution in [3.8, 4) is 5.75 Å². The summed E-state index contributed by atoms with van der Waals surface area (Å²) in [6.07, 6.45) is 2.98. The van der Waals surface area contributed by atoms with Crippen LogP contribution in [0.25, 0.3) is 0 Å². The zero-order valence-electron chi connectivity index (χ0n) is 16.5. The van der Waals surface area contributed by atoms with Gasteiger partial charge in [-0.05, 0) is 57.0 Å². The van der Waals surface area contributed by atoms with Crippen molar-refractivity contribution in [3.05, 3.63) is 28.8 Å². The predicted octanol–water partition coefficient (Wildman–Crippen LogP) is 3.59. The fourth-order valence-electron chi connectivity index (χ4n) is 3.68. The van der Waals surface area contributed by atoms with E-state index in [-0.39, 0.29) is 12.0 Å². The summed E-state index contributed by atoms with van der Waals surface area (Å²) < 4.78 is 11.2. The van der Waals surface area contributed by atoms with E-state index < -0.39 is 0 Å². The number of nitrogens with zero attached hydrogens (tertiary/aromatic N) is 2. The van der Waals surface area contributed by atoms with Crippen molar-refractivity contribution in [2.75, 3.05) is 39.4 Å². The van der Waals surface area contributed by atoms with Crippen LogP contribution in [0.3, 0.4) is 0 Å². The van der Waals surface area contributed by atoms with Gasteiger partial charge in [0.1, 0.15) is 5.75 Å². The summed E-state index contributed by atoms with van der Waals surface area (Å²) in [5, 5.41) is 0.671. The first-order valence-corrected chi connectivity index (χ1v) is 10.5. The number of ether oxygens (including phenoxy) is 2. The third-order valence-corrected chi connectivity index (χ3v) is 5.86. The molecular formula is C21H31ClN2O3. The third-order valence-electron chi connectivity index (χ3n) is 5.57. The Labute approximate surface area is 167 Å². The molecule has 27 heavy (non-hydrogen) atoms. The van der Waals surface area contributed by atoms with Gasteiger partial charge in [-0.1, -0.05) is 24.6 Å². The average Bonchev–Trinajstić information content (AvgIpc) is 2.70. The summed E-state index contributed by atoms with van der Waals surface area (Å²) >= 11 is 6.39. The standard InChI is InChI=1S/C21H31ClN2O3/c1-3-16(2)27-20-5-4-17(14-19(20)22)15-23-8-6-18(7-9-23)21(25)24-10-12-26-13-11-24/h4-5,14,16,18H,3,6-13,15H2,1-2H3. The largest absolute Gasteiger partial charge is 0.489 e. The number of hydrogen-bond donors (Lipinski definition) is 0. The van der Waals surface area contributed by atoms with Gasteiger partial charge in [-0.3, -0.25) is 9.69 Å². The van der Waals surface area contributed by atoms with Gasteiger partial charge in [0.05, 0.1) is 24.3 Å². The van der Waals surface area contributed by atoms with Crippen LogP contribution in [-0.4, -0.2) is 61.2 Å². The zero-order valence-corrected chi connectivity index (χ0v) is 17.2. The molecule has 0 spiro atoms. The second-order valence-electron chi connectivity index (χ2n) is 7.59. The van der Waals surface area contributed by atoms with E-state index in [0.29, 0.717) is 24.1 Å². The van der Waals surface area contributed by atoms with Gasteiger partial charge in [0.15, 0.2) is 0 Å². The lowest BCUT2D eigenvalue weighted by atomic mass is 9.94. The van der Waals surface area contributed by atoms with Gasteiger partial charge in [-0.25, -0.2) is 0 Å². The van der Waals surface area contributed by atoms with Gasteiger partial charge in [-0.2, -0.15) is 0 Å². The van der Waals surface area contributed by atoms with Crippen LogP contribution in [0.5, 0.6) is 5.75 Å². The van der Waals surface area contributed by atoms with Crippen LogP contribution < -0.4 is 4.74 Å². The molecule has 3 rings (SSSR count). The molecule has 150 valence electrons. The van der Waals surface area contributed by atoms with Crippen molar-refractivity contribution in [1.82, 2.24) is 9.80 Å². The Bertz CT molecular complexity index is 626. The number of carbonyl (C=O) groups is 1. The van der Waals surface area contributed by atoms with Crippen molar-refractivity contribution in [1.29, 1.82) is 0 Å². The zero-order chi connectivity index (χ0) is 19.2. The number of amides is 1. The van der Waals surface area contributed by atoms with E-state index in [1.807, 2.05) is 24.0 Å². The van der Waals surface area contributed by atoms with Gasteiger partial charge in [0, 0.05) is 25.6 Å². The molecule has 1 amide bonds. The molecule has 2 aliphatic rings. The number of benzene rings is 1. The van der Waals surface area contributed by atoms with Gasteiger partial charge >= 0.3 is 0 Å². The molecule has 0 bridgehead atoms. The molecule has 1 unspecified atom stereocenters. The maximum Gasteiger partial charge on any atom is 0.225 e. The van der Waals surface area contributed by atoms with Crippen molar-refractivity contribution in [2.45, 2.75) is 45.8 Å². The van der Waals surface area contributed by atoms with Crippen LogP contribution in [0.1, 0.15) is 38.7 Å². The SMILES string of the molecule is CCC(C)Oc1ccc(CN2CCC(C(=O)N3CCOCC3)CC2)cc1Cl. The lowest BCUT2D eigenvalue weighted by molar-refractivity contribution is -0.141. The van der Waals surface area contributed by atoms with Crippen molar-refractivity contribution in [2.24, 2.45) is 5.92 Å². The summed E-state index contributed by atoms with van der Waals surface area (Å²) in [6.45, 7) is 9.72. The van der Waals surface area contributed by atoms with E-state index in [4.69, 9.17) is 21.1 Å². The maximum atomic E-state index is 12.6. The minimum Gasteiger partial charge on any atom is -0.489 e. The predicted molar refractivity (Wildman–Crippen MR) is 107 cm³/mol. The first-order valence-electron chi connectivity index (χ1n) is 10.1. The Kier molecular flexibility index (Phi) is 7.39. The van der Waals surface area contributed by atoms with E-state index in [2.05, 4.69) is 17.9 Å². The molecule has 6 heteroatoms. The number of carbonyl (C=O) groups excluding carboxylic acids is 1. The molecule has 0 radical (unpaired) electrons. The third kappa shape index (κ3) is 5.59. The van der Waals surface area contributed by atoms with E-state index >= 15 is 0 Å². The molecule has 1 aromatic rings. The molecule has 2 aliphatic heterocycles. The van der Waals surface area contributed by atoms with E-state index in [1.54, 1.807) is 0 Å². The minimum atomic E-state index is 0.161. The number of hydrogen-bond acceptors (Lipinski definition) is 4. The summed E-state index contributed by atoms with van der Waals surface area (Å²) in [7, 11) is 0. The highest BCUT2D eigenvalue weighted by molar-refractivity contribution is 6.32. The van der Waals surface area contributed by atoms with Crippen LogP contribution in [0.2, 0.25) is 5.02 Å². The summed E-state index contributed by atoms with van der Waals surface area (Å²) in [4.78, 5) is 17.0. The maximum absolute atomic E-state index is 12.6. The summed E-state index contributed by atoms with van der Waals surface area (Å²) in [5.74, 6) is 1.23. The summed E-state index contributed by atoms with van der Waals surface area (Å²) in [6, 6.07) is 6.07. The molecule has 2 heterocycles. The number of morpholine rings is 1. The van der Waals surface area contributed by atoms with Crippen LogP contribution in [0, 0.1) is 5.92 Å². The van der Waals surface area contributed by atoms with Crippen LogP contribution >= 0.6 is 11.6 Å². The molecule has 2 saturated heterocycles. The van der Waals surface area contributed by atoms with Crippen molar-refractivity contribution in [3.63, 3.8) is 0 Å². The molecule has 0 saturated carbocycles. The molecule has 0 aromatic heterocycles.